The lowest BCUT2D eigenvalue weighted by atomic mass is 10.1. The molecule has 1 amide bonds. The Morgan fingerprint density at radius 3 is 2.41 bits per heavy atom. The van der Waals surface area contributed by atoms with Gasteiger partial charge >= 0.3 is 0 Å². The molecule has 2 aromatic carbocycles. The van der Waals surface area contributed by atoms with E-state index in [0.29, 0.717) is 12.1 Å². The van der Waals surface area contributed by atoms with Crippen molar-refractivity contribution in [3.63, 3.8) is 0 Å². The Balaban J connectivity index is 2.27. The summed E-state index contributed by atoms with van der Waals surface area (Å²) in [4.78, 5) is 24.7. The molecule has 2 rings (SSSR count). The Kier molecular flexibility index (Phi) is 4.88. The molecule has 5 nitrogen and oxygen atoms in total. The van der Waals surface area contributed by atoms with Crippen LogP contribution in [0.3, 0.4) is 0 Å². The van der Waals surface area contributed by atoms with Crippen LogP contribution < -0.4 is 0 Å². The molecule has 2 aromatic rings. The molecule has 0 unspecified atom stereocenters. The molecule has 0 atom stereocenters. The maximum Gasteiger partial charge on any atom is 0.270 e. The number of benzene rings is 2. The molecule has 0 spiro atoms. The quantitative estimate of drug-likeness (QED) is 0.625. The van der Waals surface area contributed by atoms with E-state index < -0.39 is 4.92 Å². The molecular formula is C17H18N2O3. The van der Waals surface area contributed by atoms with Crippen LogP contribution >= 0.6 is 0 Å². The number of nitro groups is 1. The van der Waals surface area contributed by atoms with Crippen molar-refractivity contribution in [1.29, 1.82) is 0 Å². The molecule has 0 N–H and O–H groups in total. The highest BCUT2D eigenvalue weighted by molar-refractivity contribution is 5.95. The molecule has 0 bridgehead atoms. The average molecular weight is 298 g/mol. The van der Waals surface area contributed by atoms with Gasteiger partial charge in [-0.05, 0) is 25.5 Å². The van der Waals surface area contributed by atoms with Crippen molar-refractivity contribution in [3.8, 4) is 0 Å². The van der Waals surface area contributed by atoms with E-state index in [1.165, 1.54) is 18.2 Å². The van der Waals surface area contributed by atoms with Gasteiger partial charge in [0.2, 0.25) is 0 Å². The van der Waals surface area contributed by atoms with Crippen molar-refractivity contribution in [2.75, 3.05) is 0 Å². The van der Waals surface area contributed by atoms with Gasteiger partial charge in [0, 0.05) is 30.3 Å². The number of carbonyl (C=O) groups is 1. The third kappa shape index (κ3) is 3.69. The molecule has 0 saturated carbocycles. The number of carbonyl (C=O) groups excluding carboxylic acids is 1. The first-order chi connectivity index (χ1) is 10.5. The minimum atomic E-state index is -0.492. The summed E-state index contributed by atoms with van der Waals surface area (Å²) in [5.74, 6) is -0.206. The second kappa shape index (κ2) is 6.85. The van der Waals surface area contributed by atoms with Gasteiger partial charge in [0.1, 0.15) is 0 Å². The largest absolute Gasteiger partial charge is 0.332 e. The molecular weight excluding hydrogens is 280 g/mol. The highest BCUT2D eigenvalue weighted by Crippen LogP contribution is 2.17. The second-order valence-corrected chi connectivity index (χ2v) is 5.32. The Bertz CT molecular complexity index is 669. The zero-order valence-corrected chi connectivity index (χ0v) is 12.6. The Morgan fingerprint density at radius 1 is 1.14 bits per heavy atom. The van der Waals surface area contributed by atoms with E-state index in [4.69, 9.17) is 0 Å². The van der Waals surface area contributed by atoms with E-state index >= 15 is 0 Å². The van der Waals surface area contributed by atoms with Crippen LogP contribution in [0.4, 0.5) is 5.69 Å². The van der Waals surface area contributed by atoms with Crippen LogP contribution in [0.25, 0.3) is 0 Å². The van der Waals surface area contributed by atoms with E-state index in [-0.39, 0.29) is 17.6 Å². The second-order valence-electron chi connectivity index (χ2n) is 5.32. The molecule has 0 radical (unpaired) electrons. The molecule has 0 fully saturated rings. The average Bonchev–Trinajstić information content (AvgIpc) is 2.53. The van der Waals surface area contributed by atoms with Gasteiger partial charge in [-0.25, -0.2) is 0 Å². The number of amides is 1. The predicted molar refractivity (Wildman–Crippen MR) is 84.5 cm³/mol. The minimum Gasteiger partial charge on any atom is -0.332 e. The van der Waals surface area contributed by atoms with Gasteiger partial charge in [0.05, 0.1) is 4.92 Å². The summed E-state index contributed by atoms with van der Waals surface area (Å²) in [5.41, 5.74) is 1.28. The van der Waals surface area contributed by atoms with Gasteiger partial charge in [-0.3, -0.25) is 14.9 Å². The van der Waals surface area contributed by atoms with Crippen molar-refractivity contribution < 1.29 is 9.72 Å². The van der Waals surface area contributed by atoms with E-state index in [2.05, 4.69) is 0 Å². The normalized spacial score (nSPS) is 10.5. The molecule has 0 aliphatic heterocycles. The fraction of sp³-hybridized carbons (Fsp3) is 0.235. The predicted octanol–water partition coefficient (Wildman–Crippen LogP) is 3.65. The van der Waals surface area contributed by atoms with Crippen LogP contribution in [0.1, 0.15) is 29.8 Å². The Morgan fingerprint density at radius 2 is 1.82 bits per heavy atom. The maximum atomic E-state index is 12.7. The molecule has 0 aromatic heterocycles. The molecule has 0 saturated heterocycles. The van der Waals surface area contributed by atoms with E-state index in [1.54, 1.807) is 11.0 Å². The van der Waals surface area contributed by atoms with Crippen molar-refractivity contribution in [2.24, 2.45) is 0 Å². The van der Waals surface area contributed by atoms with Crippen LogP contribution in [0, 0.1) is 10.1 Å². The summed E-state index contributed by atoms with van der Waals surface area (Å²) < 4.78 is 0. The number of hydrogen-bond donors (Lipinski definition) is 0. The minimum absolute atomic E-state index is 0.00744. The monoisotopic (exact) mass is 298 g/mol. The Hall–Kier alpha value is -2.69. The smallest absolute Gasteiger partial charge is 0.270 e. The van der Waals surface area contributed by atoms with Crippen molar-refractivity contribution in [2.45, 2.75) is 26.4 Å². The third-order valence-electron chi connectivity index (χ3n) is 3.38. The van der Waals surface area contributed by atoms with Crippen molar-refractivity contribution >= 4 is 11.6 Å². The SMILES string of the molecule is CC(C)N(Cc1ccccc1)C(=O)c1cccc([N+](=O)[O-])c1. The first kappa shape index (κ1) is 15.7. The van der Waals surface area contributed by atoms with Gasteiger partial charge in [-0.1, -0.05) is 36.4 Å². The number of nitro benzene ring substituents is 1. The summed E-state index contributed by atoms with van der Waals surface area (Å²) in [6.45, 7) is 4.33. The highest BCUT2D eigenvalue weighted by Gasteiger charge is 2.20. The standard InChI is InChI=1S/C17H18N2O3/c1-13(2)18(12-14-7-4-3-5-8-14)17(20)15-9-6-10-16(11-15)19(21)22/h3-11,13H,12H2,1-2H3. The van der Waals surface area contributed by atoms with Crippen molar-refractivity contribution in [3.05, 3.63) is 75.8 Å². The lowest BCUT2D eigenvalue weighted by molar-refractivity contribution is -0.384. The molecule has 0 aliphatic rings. The number of nitrogens with zero attached hydrogens (tertiary/aromatic N) is 2. The highest BCUT2D eigenvalue weighted by atomic mass is 16.6. The van der Waals surface area contributed by atoms with Crippen molar-refractivity contribution in [1.82, 2.24) is 4.90 Å². The molecule has 5 heteroatoms. The maximum absolute atomic E-state index is 12.7. The third-order valence-corrected chi connectivity index (χ3v) is 3.38. The molecule has 0 heterocycles. The van der Waals surface area contributed by atoms with E-state index in [1.807, 2.05) is 44.2 Å². The van der Waals surface area contributed by atoms with Gasteiger partial charge < -0.3 is 4.90 Å². The number of rotatable bonds is 5. The fourth-order valence-electron chi connectivity index (χ4n) is 2.19. The zero-order chi connectivity index (χ0) is 16.1. The summed E-state index contributed by atoms with van der Waals surface area (Å²) in [6, 6.07) is 15.5. The van der Waals surface area contributed by atoms with Gasteiger partial charge in [0.15, 0.2) is 0 Å². The molecule has 0 aliphatic carbocycles. The van der Waals surface area contributed by atoms with Crippen LogP contribution in [0.2, 0.25) is 0 Å². The van der Waals surface area contributed by atoms with Crippen LogP contribution in [0.15, 0.2) is 54.6 Å². The summed E-state index contributed by atoms with van der Waals surface area (Å²) in [5, 5.41) is 10.9. The first-order valence-corrected chi connectivity index (χ1v) is 7.08. The van der Waals surface area contributed by atoms with Crippen LogP contribution in [-0.2, 0) is 6.54 Å². The molecule has 114 valence electrons. The fourth-order valence-corrected chi connectivity index (χ4v) is 2.19. The van der Waals surface area contributed by atoms with E-state index in [9.17, 15) is 14.9 Å². The summed E-state index contributed by atoms with van der Waals surface area (Å²) in [7, 11) is 0. The lowest BCUT2D eigenvalue weighted by Gasteiger charge is -2.27. The topological polar surface area (TPSA) is 63.5 Å². The van der Waals surface area contributed by atoms with E-state index in [0.717, 1.165) is 5.56 Å². The number of hydrogen-bond acceptors (Lipinski definition) is 3. The van der Waals surface area contributed by atoms with Gasteiger partial charge in [-0.15, -0.1) is 0 Å². The van der Waals surface area contributed by atoms with Crippen LogP contribution in [-0.4, -0.2) is 21.8 Å². The zero-order valence-electron chi connectivity index (χ0n) is 12.6. The summed E-state index contributed by atoms with van der Waals surface area (Å²) >= 11 is 0. The van der Waals surface area contributed by atoms with Gasteiger partial charge in [-0.2, -0.15) is 0 Å². The number of non-ortho nitro benzene ring substituents is 1. The van der Waals surface area contributed by atoms with Crippen LogP contribution in [0.5, 0.6) is 0 Å². The lowest BCUT2D eigenvalue weighted by Crippen LogP contribution is -2.36. The summed E-state index contributed by atoms with van der Waals surface area (Å²) in [6.07, 6.45) is 0. The molecule has 22 heavy (non-hydrogen) atoms. The first-order valence-electron chi connectivity index (χ1n) is 7.08. The Labute approximate surface area is 129 Å². The van der Waals surface area contributed by atoms with Gasteiger partial charge in [0.25, 0.3) is 11.6 Å².